The molecule has 8 heteroatoms. The van der Waals surface area contributed by atoms with Crippen molar-refractivity contribution in [3.05, 3.63) is 35.7 Å². The zero-order chi connectivity index (χ0) is 17.5. The van der Waals surface area contributed by atoms with E-state index in [0.717, 1.165) is 11.1 Å². The number of nitrogens with zero attached hydrogens (tertiary/aromatic N) is 2. The second-order valence-corrected chi connectivity index (χ2v) is 6.08. The molecule has 1 amide bonds. The van der Waals surface area contributed by atoms with E-state index in [4.69, 9.17) is 16.6 Å². The summed E-state index contributed by atoms with van der Waals surface area (Å²) in [6.07, 6.45) is 0.573. The lowest BCUT2D eigenvalue weighted by Crippen LogP contribution is -2.48. The molecule has 1 aromatic heterocycles. The number of benzene rings is 1. The van der Waals surface area contributed by atoms with Crippen LogP contribution < -0.4 is 16.2 Å². The van der Waals surface area contributed by atoms with Crippen LogP contribution in [0.2, 0.25) is 0 Å². The summed E-state index contributed by atoms with van der Waals surface area (Å²) in [5.74, 6) is 0.660. The number of amides is 1. The molecule has 0 unspecified atom stereocenters. The first kappa shape index (κ1) is 17.9. The van der Waals surface area contributed by atoms with Gasteiger partial charge in [-0.25, -0.2) is 0 Å². The molecule has 0 atom stereocenters. The van der Waals surface area contributed by atoms with Crippen molar-refractivity contribution >= 4 is 23.2 Å². The van der Waals surface area contributed by atoms with Gasteiger partial charge in [-0.2, -0.15) is 0 Å². The Bertz CT molecular complexity index is 697. The van der Waals surface area contributed by atoms with E-state index in [0.29, 0.717) is 23.3 Å². The van der Waals surface area contributed by atoms with E-state index in [2.05, 4.69) is 26.4 Å². The highest BCUT2D eigenvalue weighted by Crippen LogP contribution is 2.18. The Hall–Kier alpha value is -2.48. The number of aromatic nitrogens is 2. The van der Waals surface area contributed by atoms with Crippen LogP contribution in [0, 0.1) is 6.92 Å². The standard InChI is InChI=1S/C16H21N5O2S/c1-10(2)17-16(24)21-18-13(22)8-9-14-19-20-15(23-14)12-6-4-11(3)5-7-12/h4-7,10H,8-9H2,1-3H3,(H,18,22)(H2,17,21,24). The largest absolute Gasteiger partial charge is 0.421 e. The highest BCUT2D eigenvalue weighted by atomic mass is 32.1. The molecule has 0 bridgehead atoms. The first-order valence-corrected chi connectivity index (χ1v) is 8.09. The molecule has 3 N–H and O–H groups in total. The van der Waals surface area contributed by atoms with Crippen molar-refractivity contribution in [2.24, 2.45) is 0 Å². The fraction of sp³-hybridized carbons (Fsp3) is 0.375. The van der Waals surface area contributed by atoms with Gasteiger partial charge in [0.15, 0.2) is 5.11 Å². The van der Waals surface area contributed by atoms with E-state index in [1.807, 2.05) is 45.0 Å². The van der Waals surface area contributed by atoms with Crippen molar-refractivity contribution in [3.8, 4) is 11.5 Å². The molecule has 2 rings (SSSR count). The fourth-order valence-electron chi connectivity index (χ4n) is 1.88. The summed E-state index contributed by atoms with van der Waals surface area (Å²) in [5, 5.41) is 11.3. The Balaban J connectivity index is 1.79. The van der Waals surface area contributed by atoms with Gasteiger partial charge in [-0.1, -0.05) is 17.7 Å². The maximum Gasteiger partial charge on any atom is 0.247 e. The molecule has 1 aromatic carbocycles. The van der Waals surface area contributed by atoms with Crippen molar-refractivity contribution in [2.45, 2.75) is 39.7 Å². The molecule has 1 heterocycles. The zero-order valence-electron chi connectivity index (χ0n) is 13.9. The second-order valence-electron chi connectivity index (χ2n) is 5.67. The summed E-state index contributed by atoms with van der Waals surface area (Å²) in [7, 11) is 0. The van der Waals surface area contributed by atoms with Gasteiger partial charge >= 0.3 is 0 Å². The van der Waals surface area contributed by atoms with Crippen molar-refractivity contribution in [3.63, 3.8) is 0 Å². The van der Waals surface area contributed by atoms with Gasteiger partial charge in [0, 0.05) is 24.4 Å². The first-order chi connectivity index (χ1) is 11.4. The molecule has 24 heavy (non-hydrogen) atoms. The summed E-state index contributed by atoms with van der Waals surface area (Å²) in [5.41, 5.74) is 7.18. The molecule has 0 saturated carbocycles. The van der Waals surface area contributed by atoms with E-state index in [1.54, 1.807) is 0 Å². The van der Waals surface area contributed by atoms with Gasteiger partial charge in [0.1, 0.15) is 0 Å². The minimum absolute atomic E-state index is 0.195. The molecule has 0 aliphatic rings. The lowest BCUT2D eigenvalue weighted by Gasteiger charge is -2.13. The third-order valence-corrected chi connectivity index (χ3v) is 3.29. The van der Waals surface area contributed by atoms with Crippen LogP contribution in [0.1, 0.15) is 31.7 Å². The van der Waals surface area contributed by atoms with Crippen LogP contribution in [0.4, 0.5) is 0 Å². The molecular formula is C16H21N5O2S. The molecule has 0 aliphatic heterocycles. The number of hydrazine groups is 1. The summed E-state index contributed by atoms with van der Waals surface area (Å²) in [4.78, 5) is 11.8. The number of rotatable bonds is 5. The molecule has 0 fully saturated rings. The van der Waals surface area contributed by atoms with E-state index < -0.39 is 0 Å². The Labute approximate surface area is 146 Å². The van der Waals surface area contributed by atoms with E-state index in [1.165, 1.54) is 0 Å². The second kappa shape index (κ2) is 8.39. The van der Waals surface area contributed by atoms with Crippen molar-refractivity contribution in [2.75, 3.05) is 0 Å². The third kappa shape index (κ3) is 5.62. The lowest BCUT2D eigenvalue weighted by molar-refractivity contribution is -0.121. The zero-order valence-corrected chi connectivity index (χ0v) is 14.7. The van der Waals surface area contributed by atoms with Gasteiger partial charge in [-0.15, -0.1) is 10.2 Å². The van der Waals surface area contributed by atoms with Crippen molar-refractivity contribution in [1.29, 1.82) is 0 Å². The smallest absolute Gasteiger partial charge is 0.247 e. The van der Waals surface area contributed by atoms with Gasteiger partial charge in [-0.3, -0.25) is 15.6 Å². The Morgan fingerprint density at radius 3 is 2.58 bits per heavy atom. The number of carbonyl (C=O) groups excluding carboxylic acids is 1. The minimum Gasteiger partial charge on any atom is -0.421 e. The van der Waals surface area contributed by atoms with Crippen LogP contribution in [-0.4, -0.2) is 27.3 Å². The summed E-state index contributed by atoms with van der Waals surface area (Å²) in [6, 6.07) is 8.00. The van der Waals surface area contributed by atoms with Gasteiger partial charge in [0.05, 0.1) is 0 Å². The number of aryl methyl sites for hydroxylation is 2. The average Bonchev–Trinajstić information content (AvgIpc) is 3.00. The first-order valence-electron chi connectivity index (χ1n) is 7.69. The van der Waals surface area contributed by atoms with E-state index in [9.17, 15) is 4.79 Å². The summed E-state index contributed by atoms with van der Waals surface area (Å²) >= 11 is 5.02. The molecule has 2 aromatic rings. The normalized spacial score (nSPS) is 10.5. The maximum absolute atomic E-state index is 11.8. The van der Waals surface area contributed by atoms with Crippen LogP contribution in [0.15, 0.2) is 28.7 Å². The number of carbonyl (C=O) groups is 1. The monoisotopic (exact) mass is 347 g/mol. The Kier molecular flexibility index (Phi) is 6.25. The number of nitrogens with one attached hydrogen (secondary N) is 3. The summed E-state index contributed by atoms with van der Waals surface area (Å²) < 4.78 is 5.58. The molecule has 0 aliphatic carbocycles. The topological polar surface area (TPSA) is 92.1 Å². The molecule has 0 radical (unpaired) electrons. The quantitative estimate of drug-likeness (QED) is 0.562. The van der Waals surface area contributed by atoms with Gasteiger partial charge in [0.2, 0.25) is 17.7 Å². The fourth-order valence-corrected chi connectivity index (χ4v) is 2.16. The Morgan fingerprint density at radius 1 is 1.21 bits per heavy atom. The Morgan fingerprint density at radius 2 is 1.92 bits per heavy atom. The van der Waals surface area contributed by atoms with Gasteiger partial charge in [-0.05, 0) is 45.1 Å². The molecule has 0 spiro atoms. The third-order valence-electron chi connectivity index (χ3n) is 3.07. The van der Waals surface area contributed by atoms with Gasteiger partial charge in [0.25, 0.3) is 0 Å². The summed E-state index contributed by atoms with van der Waals surface area (Å²) in [6.45, 7) is 5.92. The average molecular weight is 347 g/mol. The molecule has 0 saturated heterocycles. The molecule has 7 nitrogen and oxygen atoms in total. The van der Waals surface area contributed by atoms with Crippen molar-refractivity contribution < 1.29 is 9.21 Å². The number of hydrogen-bond acceptors (Lipinski definition) is 5. The molecule has 128 valence electrons. The number of hydrogen-bond donors (Lipinski definition) is 3. The van der Waals surface area contributed by atoms with Crippen LogP contribution >= 0.6 is 12.2 Å². The van der Waals surface area contributed by atoms with E-state index >= 15 is 0 Å². The molecular weight excluding hydrogens is 326 g/mol. The highest BCUT2D eigenvalue weighted by molar-refractivity contribution is 7.80. The van der Waals surface area contributed by atoms with Crippen LogP contribution in [-0.2, 0) is 11.2 Å². The SMILES string of the molecule is Cc1ccc(-c2nnc(CCC(=O)NNC(=S)NC(C)C)o2)cc1. The highest BCUT2D eigenvalue weighted by Gasteiger charge is 2.10. The van der Waals surface area contributed by atoms with Crippen LogP contribution in [0.3, 0.4) is 0 Å². The van der Waals surface area contributed by atoms with Gasteiger partial charge < -0.3 is 9.73 Å². The lowest BCUT2D eigenvalue weighted by atomic mass is 10.1. The van der Waals surface area contributed by atoms with Crippen molar-refractivity contribution in [1.82, 2.24) is 26.4 Å². The predicted molar refractivity (Wildman–Crippen MR) is 94.9 cm³/mol. The van der Waals surface area contributed by atoms with Crippen LogP contribution in [0.25, 0.3) is 11.5 Å². The number of thiocarbonyl (C=S) groups is 1. The predicted octanol–water partition coefficient (Wildman–Crippen LogP) is 1.88. The van der Waals surface area contributed by atoms with E-state index in [-0.39, 0.29) is 18.4 Å². The van der Waals surface area contributed by atoms with Crippen LogP contribution in [0.5, 0.6) is 0 Å². The minimum atomic E-state index is -0.210. The maximum atomic E-state index is 11.8.